The average Bonchev–Trinajstić information content (AvgIpc) is 2.41. The lowest BCUT2D eigenvalue weighted by atomic mass is 10.2. The van der Waals surface area contributed by atoms with Gasteiger partial charge < -0.3 is 29.9 Å². The summed E-state index contributed by atoms with van der Waals surface area (Å²) in [5, 5.41) is 35.1. The van der Waals surface area contributed by atoms with Crippen LogP contribution in [-0.4, -0.2) is 73.3 Å². The largest absolute Gasteiger partial charge is 0.396 e. The fourth-order valence-electron chi connectivity index (χ4n) is 1.07. The molecule has 0 amide bonds. The van der Waals surface area contributed by atoms with Crippen molar-refractivity contribution in [1.29, 1.82) is 0 Å². The first kappa shape index (κ1) is 17.5. The zero-order valence-corrected chi connectivity index (χ0v) is 10.6. The van der Waals surface area contributed by atoms with E-state index < -0.39 is 0 Å². The number of ether oxygens (including phenoxy) is 2. The third kappa shape index (κ3) is 9.52. The maximum absolute atomic E-state index is 8.78. The monoisotopic (exact) mass is 264 g/mol. The molecular formula is C12H24O6. The van der Waals surface area contributed by atoms with Crippen LogP contribution in [0, 0.1) is 11.8 Å². The summed E-state index contributed by atoms with van der Waals surface area (Å²) in [6.07, 6.45) is 3.55. The van der Waals surface area contributed by atoms with Gasteiger partial charge in [-0.25, -0.2) is 0 Å². The third-order valence-corrected chi connectivity index (χ3v) is 2.33. The van der Waals surface area contributed by atoms with E-state index in [1.165, 1.54) is 0 Å². The second-order valence-corrected chi connectivity index (χ2v) is 4.01. The maximum Gasteiger partial charge on any atom is 0.0648 e. The van der Waals surface area contributed by atoms with Crippen LogP contribution in [0.1, 0.15) is 0 Å². The molecule has 0 aliphatic carbocycles. The van der Waals surface area contributed by atoms with Gasteiger partial charge >= 0.3 is 0 Å². The minimum Gasteiger partial charge on any atom is -0.396 e. The summed E-state index contributed by atoms with van der Waals surface area (Å²) in [5.74, 6) is -0.464. The minimum atomic E-state index is -0.232. The highest BCUT2D eigenvalue weighted by atomic mass is 16.5. The molecule has 108 valence electrons. The summed E-state index contributed by atoms with van der Waals surface area (Å²) in [4.78, 5) is 0. The lowest BCUT2D eigenvalue weighted by Gasteiger charge is -2.10. The van der Waals surface area contributed by atoms with E-state index >= 15 is 0 Å². The molecular weight excluding hydrogens is 240 g/mol. The molecule has 0 aliphatic rings. The molecule has 18 heavy (non-hydrogen) atoms. The summed E-state index contributed by atoms with van der Waals surface area (Å²) in [6.45, 7) is 1.05. The SMILES string of the molecule is OCC(CO)COC/C=C/COCC(CO)CO. The van der Waals surface area contributed by atoms with Crippen molar-refractivity contribution >= 4 is 0 Å². The van der Waals surface area contributed by atoms with Crippen molar-refractivity contribution in [2.45, 2.75) is 0 Å². The summed E-state index contributed by atoms with van der Waals surface area (Å²) >= 11 is 0. The van der Waals surface area contributed by atoms with Gasteiger partial charge in [0.25, 0.3) is 0 Å². The van der Waals surface area contributed by atoms with Crippen molar-refractivity contribution in [3.8, 4) is 0 Å². The Morgan fingerprint density at radius 3 is 1.28 bits per heavy atom. The number of aliphatic hydroxyl groups is 4. The van der Waals surface area contributed by atoms with Gasteiger partial charge in [-0.2, -0.15) is 0 Å². The Hall–Kier alpha value is -0.500. The lowest BCUT2D eigenvalue weighted by Crippen LogP contribution is -2.18. The first-order valence-electron chi connectivity index (χ1n) is 6.02. The molecule has 0 fully saturated rings. The van der Waals surface area contributed by atoms with Crippen LogP contribution in [0.4, 0.5) is 0 Å². The predicted molar refractivity (Wildman–Crippen MR) is 66.1 cm³/mol. The first-order valence-corrected chi connectivity index (χ1v) is 6.02. The van der Waals surface area contributed by atoms with Gasteiger partial charge in [0.05, 0.1) is 52.9 Å². The Bertz CT molecular complexity index is 169. The van der Waals surface area contributed by atoms with Crippen LogP contribution in [0.2, 0.25) is 0 Å². The molecule has 6 heteroatoms. The Morgan fingerprint density at radius 2 is 1.00 bits per heavy atom. The average molecular weight is 264 g/mol. The van der Waals surface area contributed by atoms with E-state index in [2.05, 4.69) is 0 Å². The molecule has 0 aromatic heterocycles. The fourth-order valence-corrected chi connectivity index (χ4v) is 1.07. The van der Waals surface area contributed by atoms with Gasteiger partial charge in [0.2, 0.25) is 0 Å². The van der Waals surface area contributed by atoms with E-state index in [0.717, 1.165) is 0 Å². The van der Waals surface area contributed by atoms with Gasteiger partial charge in [-0.3, -0.25) is 0 Å². The van der Waals surface area contributed by atoms with Crippen LogP contribution in [0.5, 0.6) is 0 Å². The van der Waals surface area contributed by atoms with Gasteiger partial charge in [-0.15, -0.1) is 0 Å². The van der Waals surface area contributed by atoms with Gasteiger partial charge in [0.1, 0.15) is 0 Å². The molecule has 0 aliphatic heterocycles. The number of aliphatic hydroxyl groups excluding tert-OH is 4. The van der Waals surface area contributed by atoms with Crippen molar-refractivity contribution < 1.29 is 29.9 Å². The summed E-state index contributed by atoms with van der Waals surface area (Å²) < 4.78 is 10.4. The molecule has 0 spiro atoms. The zero-order valence-electron chi connectivity index (χ0n) is 10.6. The van der Waals surface area contributed by atoms with Gasteiger partial charge in [-0.05, 0) is 0 Å². The molecule has 0 unspecified atom stereocenters. The van der Waals surface area contributed by atoms with Crippen LogP contribution in [0.15, 0.2) is 12.2 Å². The van der Waals surface area contributed by atoms with E-state index in [4.69, 9.17) is 29.9 Å². The topological polar surface area (TPSA) is 99.4 Å². The molecule has 0 atom stereocenters. The third-order valence-electron chi connectivity index (χ3n) is 2.33. The first-order chi connectivity index (χ1) is 8.78. The van der Waals surface area contributed by atoms with E-state index in [1.807, 2.05) is 0 Å². The highest BCUT2D eigenvalue weighted by Crippen LogP contribution is 1.96. The molecule has 0 aromatic rings. The molecule has 0 saturated heterocycles. The Balaban J connectivity index is 3.38. The van der Waals surface area contributed by atoms with Crippen LogP contribution < -0.4 is 0 Å². The van der Waals surface area contributed by atoms with E-state index in [1.54, 1.807) is 12.2 Å². The number of rotatable bonds is 12. The van der Waals surface area contributed by atoms with Gasteiger partial charge in [-0.1, -0.05) is 12.2 Å². The van der Waals surface area contributed by atoms with Gasteiger partial charge in [0, 0.05) is 11.8 Å². The molecule has 0 radical (unpaired) electrons. The second-order valence-electron chi connectivity index (χ2n) is 4.01. The lowest BCUT2D eigenvalue weighted by molar-refractivity contribution is 0.0533. The molecule has 0 heterocycles. The second kappa shape index (κ2) is 12.9. The van der Waals surface area contributed by atoms with Gasteiger partial charge in [0.15, 0.2) is 0 Å². The molecule has 0 bridgehead atoms. The van der Waals surface area contributed by atoms with Crippen molar-refractivity contribution in [3.63, 3.8) is 0 Å². The van der Waals surface area contributed by atoms with Crippen molar-refractivity contribution in [2.24, 2.45) is 11.8 Å². The van der Waals surface area contributed by atoms with Crippen LogP contribution in [0.25, 0.3) is 0 Å². The van der Waals surface area contributed by atoms with Crippen LogP contribution >= 0.6 is 0 Å². The Labute approximate surface area is 107 Å². The predicted octanol–water partition coefficient (Wildman–Crippen LogP) is -1.22. The van der Waals surface area contributed by atoms with E-state index in [0.29, 0.717) is 26.4 Å². The maximum atomic E-state index is 8.78. The standard InChI is InChI=1S/C12H24O6/c13-5-11(6-14)9-17-3-1-2-4-18-10-12(7-15)8-16/h1-2,11-16H,3-10H2/b2-1+. The minimum absolute atomic E-state index is 0.0902. The molecule has 0 aromatic carbocycles. The summed E-state index contributed by atoms with van der Waals surface area (Å²) in [5.41, 5.74) is 0. The van der Waals surface area contributed by atoms with Crippen LogP contribution in [0.3, 0.4) is 0 Å². The summed E-state index contributed by atoms with van der Waals surface area (Å²) in [6, 6.07) is 0. The molecule has 6 nitrogen and oxygen atoms in total. The number of hydrogen-bond acceptors (Lipinski definition) is 6. The highest BCUT2D eigenvalue weighted by Gasteiger charge is 2.05. The molecule has 0 saturated carbocycles. The number of hydrogen-bond donors (Lipinski definition) is 4. The van der Waals surface area contributed by atoms with Crippen molar-refractivity contribution in [2.75, 3.05) is 52.9 Å². The highest BCUT2D eigenvalue weighted by molar-refractivity contribution is 4.81. The normalized spacial score (nSPS) is 12.1. The fraction of sp³-hybridized carbons (Fsp3) is 0.833. The smallest absolute Gasteiger partial charge is 0.0648 e. The zero-order chi connectivity index (χ0) is 13.6. The Kier molecular flexibility index (Phi) is 12.6. The van der Waals surface area contributed by atoms with E-state index in [9.17, 15) is 0 Å². The summed E-state index contributed by atoms with van der Waals surface area (Å²) in [7, 11) is 0. The van der Waals surface area contributed by atoms with Crippen LogP contribution in [-0.2, 0) is 9.47 Å². The van der Waals surface area contributed by atoms with Crippen molar-refractivity contribution in [1.82, 2.24) is 0 Å². The van der Waals surface area contributed by atoms with Crippen molar-refractivity contribution in [3.05, 3.63) is 12.2 Å². The quantitative estimate of drug-likeness (QED) is 0.260. The molecule has 0 rings (SSSR count). The Morgan fingerprint density at radius 1 is 0.667 bits per heavy atom. The van der Waals surface area contributed by atoms with E-state index in [-0.39, 0.29) is 38.3 Å². The molecule has 4 N–H and O–H groups in total.